The highest BCUT2D eigenvalue weighted by Crippen LogP contribution is 2.45. The van der Waals surface area contributed by atoms with Gasteiger partial charge < -0.3 is 14.6 Å². The van der Waals surface area contributed by atoms with Gasteiger partial charge in [0.05, 0.1) is 11.4 Å². The van der Waals surface area contributed by atoms with Gasteiger partial charge >= 0.3 is 0 Å². The maximum absolute atomic E-state index is 14.2. The van der Waals surface area contributed by atoms with Crippen LogP contribution in [0.4, 0.5) is 0 Å². The summed E-state index contributed by atoms with van der Waals surface area (Å²) in [6, 6.07) is 4.49. The number of carbonyl (C=O) groups is 1. The molecule has 0 aromatic carbocycles. The first-order valence-corrected chi connectivity index (χ1v) is 17.8. The molecule has 2 saturated heterocycles. The number of carbonyl (C=O) groups excluding carboxylic acids is 1. The first kappa shape index (κ1) is 32.6. The molecule has 0 radical (unpaired) electrons. The Balaban J connectivity index is 1.35. The summed E-state index contributed by atoms with van der Waals surface area (Å²) in [6.07, 6.45) is 19.5. The molecule has 2 fully saturated rings. The van der Waals surface area contributed by atoms with Gasteiger partial charge in [-0.1, -0.05) is 43.7 Å². The molecular formula is C39H53N5O2. The van der Waals surface area contributed by atoms with Gasteiger partial charge in [0, 0.05) is 52.5 Å². The molecule has 46 heavy (non-hydrogen) atoms. The van der Waals surface area contributed by atoms with Gasteiger partial charge in [-0.25, -0.2) is 4.98 Å². The largest absolute Gasteiger partial charge is 0.384 e. The van der Waals surface area contributed by atoms with Crippen molar-refractivity contribution in [1.82, 2.24) is 19.4 Å². The zero-order valence-electron chi connectivity index (χ0n) is 28.8. The van der Waals surface area contributed by atoms with Crippen LogP contribution in [-0.4, -0.2) is 42.5 Å². The minimum absolute atomic E-state index is 0.156. The molecule has 6 rings (SSSR count). The predicted molar refractivity (Wildman–Crippen MR) is 183 cm³/mol. The smallest absolute Gasteiger partial charge is 0.254 e. The van der Waals surface area contributed by atoms with Crippen molar-refractivity contribution in [3.8, 4) is 0 Å². The number of piperidine rings is 1. The molecule has 246 valence electrons. The fourth-order valence-electron chi connectivity index (χ4n) is 8.46. The number of aromatic nitrogens is 3. The molecule has 7 heteroatoms. The number of pyridine rings is 1. The van der Waals surface area contributed by atoms with Crippen LogP contribution < -0.4 is 5.49 Å². The van der Waals surface area contributed by atoms with E-state index in [1.54, 1.807) is 13.8 Å². The van der Waals surface area contributed by atoms with Gasteiger partial charge in [-0.2, -0.15) is 0 Å². The van der Waals surface area contributed by atoms with E-state index in [9.17, 15) is 15.3 Å². The molecule has 7 nitrogen and oxygen atoms in total. The maximum atomic E-state index is 14.2. The lowest BCUT2D eigenvalue weighted by atomic mass is 9.84. The van der Waals surface area contributed by atoms with Crippen molar-refractivity contribution in [2.75, 3.05) is 0 Å². The Morgan fingerprint density at radius 1 is 1.11 bits per heavy atom. The minimum atomic E-state index is -1.01. The fourth-order valence-corrected chi connectivity index (χ4v) is 8.46. The Bertz CT molecular complexity index is 1610. The molecule has 5 heterocycles. The molecular weight excluding hydrogens is 570 g/mol. The van der Waals surface area contributed by atoms with Crippen LogP contribution in [0.1, 0.15) is 146 Å². The highest BCUT2D eigenvalue weighted by molar-refractivity contribution is 5.97. The molecule has 4 aliphatic rings. The number of nitrogens with one attached hydrogen (secondary N) is 1. The summed E-state index contributed by atoms with van der Waals surface area (Å²) >= 11 is 0. The molecule has 2 bridgehead atoms. The van der Waals surface area contributed by atoms with Crippen LogP contribution in [0, 0.1) is 11.3 Å². The highest BCUT2D eigenvalue weighted by Gasteiger charge is 2.45. The zero-order valence-corrected chi connectivity index (χ0v) is 28.8. The molecule has 1 aliphatic carbocycles. The lowest BCUT2D eigenvalue weighted by molar-refractivity contribution is -0.131. The summed E-state index contributed by atoms with van der Waals surface area (Å²) in [5.74, 6) is 1.84. The maximum Gasteiger partial charge on any atom is 0.254 e. The van der Waals surface area contributed by atoms with E-state index in [1.807, 2.05) is 18.3 Å². The number of allylic oxidation sites excluding steroid dienone is 3. The number of hydrogen-bond donors (Lipinski definition) is 2. The molecule has 3 aliphatic heterocycles. The lowest BCUT2D eigenvalue weighted by Gasteiger charge is -2.40. The molecule has 4 unspecified atom stereocenters. The standard InChI is InChI=1S/C39H53N5O2/c1-7-26-13-9-11-24(3)32(19-15-26)38(45)44-29-17-18-30(44)22-28(21-29)35-31(8-2)36(40)43-25(4)12-10-14-33(37(43)42-35)27-16-20-34(41-23-27)39(5,6)46/h14-16,19-20,23,25-26,28-30,40,46H,7-13,17-18,21-22H2,1-6H3. The van der Waals surface area contributed by atoms with Gasteiger partial charge in [-0.15, -0.1) is 0 Å². The van der Waals surface area contributed by atoms with Gasteiger partial charge in [0.2, 0.25) is 0 Å². The quantitative estimate of drug-likeness (QED) is 0.346. The molecule has 2 N–H and O–H groups in total. The summed E-state index contributed by atoms with van der Waals surface area (Å²) < 4.78 is 2.14. The summed E-state index contributed by atoms with van der Waals surface area (Å²) in [6.45, 7) is 12.2. The van der Waals surface area contributed by atoms with Gasteiger partial charge in [-0.05, 0) is 110 Å². The minimum Gasteiger partial charge on any atom is -0.384 e. The van der Waals surface area contributed by atoms with E-state index < -0.39 is 5.60 Å². The van der Waals surface area contributed by atoms with Crippen molar-refractivity contribution >= 4 is 11.5 Å². The molecule has 1 amide bonds. The van der Waals surface area contributed by atoms with Crippen LogP contribution in [0.2, 0.25) is 0 Å². The van der Waals surface area contributed by atoms with Crippen LogP contribution in [0.25, 0.3) is 5.57 Å². The second-order valence-electron chi connectivity index (χ2n) is 14.8. The third kappa shape index (κ3) is 6.08. The first-order valence-electron chi connectivity index (χ1n) is 17.8. The number of nitrogens with zero attached hydrogens (tertiary/aromatic N) is 4. The Kier molecular flexibility index (Phi) is 9.26. The van der Waals surface area contributed by atoms with Crippen molar-refractivity contribution in [3.63, 3.8) is 0 Å². The predicted octanol–water partition coefficient (Wildman–Crippen LogP) is 7.65. The van der Waals surface area contributed by atoms with Crippen molar-refractivity contribution in [3.05, 3.63) is 81.5 Å². The Morgan fingerprint density at radius 2 is 1.85 bits per heavy atom. The van der Waals surface area contributed by atoms with E-state index in [-0.39, 0.29) is 30.0 Å². The molecule has 4 atom stereocenters. The monoisotopic (exact) mass is 623 g/mol. The average Bonchev–Trinajstić information content (AvgIpc) is 3.17. The SMILES string of the molecule is CCc1c(C2CC3CCC(C2)N3C(=O)C2=C(C)CCCC(CC)C=C2)nc2n(c1=N)C(C)CCC=C2c1ccc(C(C)(C)O)nc1. The van der Waals surface area contributed by atoms with Gasteiger partial charge in [0.25, 0.3) is 5.91 Å². The van der Waals surface area contributed by atoms with Crippen molar-refractivity contribution in [1.29, 1.82) is 5.41 Å². The van der Waals surface area contributed by atoms with E-state index in [2.05, 4.69) is 60.4 Å². The average molecular weight is 624 g/mol. The van der Waals surface area contributed by atoms with Crippen molar-refractivity contribution < 1.29 is 9.90 Å². The zero-order chi connectivity index (χ0) is 32.7. The van der Waals surface area contributed by atoms with Crippen LogP contribution in [0.5, 0.6) is 0 Å². The van der Waals surface area contributed by atoms with Crippen molar-refractivity contribution in [2.24, 2.45) is 5.92 Å². The number of rotatable bonds is 6. The second kappa shape index (κ2) is 13.1. The van der Waals surface area contributed by atoms with Crippen LogP contribution in [0.3, 0.4) is 0 Å². The Morgan fingerprint density at radius 3 is 2.48 bits per heavy atom. The van der Waals surface area contributed by atoms with E-state index in [0.717, 1.165) is 98.0 Å². The van der Waals surface area contributed by atoms with Crippen molar-refractivity contribution in [2.45, 2.75) is 142 Å². The van der Waals surface area contributed by atoms with Crippen LogP contribution in [-0.2, 0) is 16.8 Å². The molecule has 0 spiro atoms. The topological polar surface area (TPSA) is 95.1 Å². The number of aliphatic hydroxyl groups is 1. The van der Waals surface area contributed by atoms with Crippen LogP contribution >= 0.6 is 0 Å². The summed E-state index contributed by atoms with van der Waals surface area (Å²) in [5.41, 5.74) is 6.40. The van der Waals surface area contributed by atoms with E-state index in [4.69, 9.17) is 4.98 Å². The third-order valence-corrected chi connectivity index (χ3v) is 11.2. The van der Waals surface area contributed by atoms with E-state index in [1.165, 1.54) is 12.0 Å². The second-order valence-corrected chi connectivity index (χ2v) is 14.8. The van der Waals surface area contributed by atoms with E-state index in [0.29, 0.717) is 17.1 Å². The highest BCUT2D eigenvalue weighted by atomic mass is 16.3. The van der Waals surface area contributed by atoms with Crippen LogP contribution in [0.15, 0.2) is 47.7 Å². The van der Waals surface area contributed by atoms with Gasteiger partial charge in [0.15, 0.2) is 0 Å². The Labute approximate surface area is 275 Å². The molecule has 0 saturated carbocycles. The number of amides is 1. The van der Waals surface area contributed by atoms with Gasteiger partial charge in [0.1, 0.15) is 16.9 Å². The number of fused-ring (bicyclic) bond motifs is 3. The normalized spacial score (nSPS) is 26.7. The molecule has 2 aromatic rings. The Hall–Kier alpha value is -3.32. The summed E-state index contributed by atoms with van der Waals surface area (Å²) in [5, 5.41) is 20.0. The summed E-state index contributed by atoms with van der Waals surface area (Å²) in [7, 11) is 0. The third-order valence-electron chi connectivity index (χ3n) is 11.2. The fraction of sp³-hybridized carbons (Fsp3) is 0.590. The van der Waals surface area contributed by atoms with E-state index >= 15 is 0 Å². The van der Waals surface area contributed by atoms with Gasteiger partial charge in [-0.3, -0.25) is 15.2 Å². The first-order chi connectivity index (χ1) is 22.0. The molecule has 2 aromatic heterocycles. The summed E-state index contributed by atoms with van der Waals surface area (Å²) in [4.78, 5) is 26.5. The lowest BCUT2D eigenvalue weighted by Crippen LogP contribution is -2.47. The number of hydrogen-bond acceptors (Lipinski definition) is 5.